The molecular weight excluding hydrogens is 487 g/mol. The topological polar surface area (TPSA) is 115 Å². The summed E-state index contributed by atoms with van der Waals surface area (Å²) in [5.41, 5.74) is 7.46. The van der Waals surface area contributed by atoms with E-state index in [2.05, 4.69) is 10.3 Å². The summed E-state index contributed by atoms with van der Waals surface area (Å²) in [4.78, 5) is 11.5. The number of carboxylic acid groups (broad SMARTS) is 1. The van der Waals surface area contributed by atoms with Gasteiger partial charge < -0.3 is 19.9 Å². The quantitative estimate of drug-likeness (QED) is 0.356. The molecule has 1 saturated carbocycles. The van der Waals surface area contributed by atoms with Crippen LogP contribution < -0.4 is 5.73 Å². The number of hydrogen-bond donors (Lipinski definition) is 2. The lowest BCUT2D eigenvalue weighted by atomic mass is 9.84. The minimum absolute atomic E-state index is 0.0292. The normalized spacial score (nSPS) is 21.0. The van der Waals surface area contributed by atoms with Gasteiger partial charge in [0.05, 0.1) is 0 Å². The molecule has 4 aromatic rings. The highest BCUT2D eigenvalue weighted by Crippen LogP contribution is 2.47. The van der Waals surface area contributed by atoms with E-state index >= 15 is 0 Å². The third-order valence-electron chi connectivity index (χ3n) is 7.49. The molecule has 0 amide bonds. The molecular formula is C27H22F3N3O4. The fourth-order valence-electron chi connectivity index (χ4n) is 5.55. The molecule has 0 saturated heterocycles. The van der Waals surface area contributed by atoms with Crippen molar-refractivity contribution in [1.82, 2.24) is 10.3 Å². The van der Waals surface area contributed by atoms with E-state index < -0.39 is 28.9 Å². The number of rotatable bonds is 4. The summed E-state index contributed by atoms with van der Waals surface area (Å²) < 4.78 is 53.2. The average Bonchev–Trinajstić information content (AvgIpc) is 3.60. The van der Waals surface area contributed by atoms with Gasteiger partial charge in [-0.25, -0.2) is 0 Å². The Hall–Kier alpha value is -3.92. The number of alkyl halides is 3. The highest BCUT2D eigenvalue weighted by atomic mass is 19.4. The lowest BCUT2D eigenvalue weighted by molar-refractivity contribution is -0.143. The molecule has 3 N–H and O–H groups in total. The molecule has 0 bridgehead atoms. The molecule has 6 rings (SSSR count). The van der Waals surface area contributed by atoms with Crippen LogP contribution in [0, 0.1) is 0 Å². The summed E-state index contributed by atoms with van der Waals surface area (Å²) in [5, 5.41) is 17.3. The van der Waals surface area contributed by atoms with Crippen LogP contribution in [0.3, 0.4) is 0 Å². The number of aliphatic carboxylic acids is 1. The van der Waals surface area contributed by atoms with Gasteiger partial charge in [0, 0.05) is 16.7 Å². The Labute approximate surface area is 209 Å². The highest BCUT2D eigenvalue weighted by molar-refractivity contribution is 5.80. The van der Waals surface area contributed by atoms with E-state index in [0.29, 0.717) is 43.4 Å². The van der Waals surface area contributed by atoms with E-state index in [1.54, 1.807) is 18.2 Å². The Bertz CT molecular complexity index is 1510. The molecule has 2 aliphatic rings. The number of benzene rings is 2. The largest absolute Gasteiger partial charge is 0.480 e. The number of hydrogen-bond acceptors (Lipinski definition) is 6. The van der Waals surface area contributed by atoms with Crippen molar-refractivity contribution in [2.24, 2.45) is 5.73 Å². The van der Waals surface area contributed by atoms with E-state index in [4.69, 9.17) is 14.8 Å². The van der Waals surface area contributed by atoms with Gasteiger partial charge in [0.1, 0.15) is 16.8 Å². The van der Waals surface area contributed by atoms with Crippen LogP contribution in [0.2, 0.25) is 0 Å². The first-order valence-corrected chi connectivity index (χ1v) is 11.9. The minimum Gasteiger partial charge on any atom is -0.480 e. The maximum Gasteiger partial charge on any atom is 0.422 e. The molecule has 2 atom stereocenters. The molecule has 2 aromatic carbocycles. The Morgan fingerprint density at radius 1 is 1.03 bits per heavy atom. The standard InChI is InChI=1S/C27H22F3N3O4/c28-27(29,30)20-22(33-36-23(20)14-4-2-1-3-5-14)24-19-9-7-16-12-15(6-8-18(16)21(19)32-37-24)17-10-11-26(31,13-17)25(34)35/h1-6,8,12,17H,7,9-11,13,31H2,(H,34,35). The number of nitrogens with zero attached hydrogens (tertiary/aromatic N) is 2. The summed E-state index contributed by atoms with van der Waals surface area (Å²) in [6, 6.07) is 13.8. The third kappa shape index (κ3) is 3.83. The second kappa shape index (κ2) is 8.31. The van der Waals surface area contributed by atoms with E-state index in [0.717, 1.165) is 16.7 Å². The first-order chi connectivity index (χ1) is 17.7. The predicted molar refractivity (Wildman–Crippen MR) is 126 cm³/mol. The van der Waals surface area contributed by atoms with Crippen molar-refractivity contribution in [3.8, 4) is 34.0 Å². The summed E-state index contributed by atoms with van der Waals surface area (Å²) >= 11 is 0. The van der Waals surface area contributed by atoms with Crippen molar-refractivity contribution >= 4 is 5.97 Å². The predicted octanol–water partition coefficient (Wildman–Crippen LogP) is 5.83. The van der Waals surface area contributed by atoms with Crippen LogP contribution in [0.15, 0.2) is 57.6 Å². The number of halogens is 3. The average molecular weight is 509 g/mol. The Morgan fingerprint density at radius 2 is 1.76 bits per heavy atom. The van der Waals surface area contributed by atoms with Crippen LogP contribution in [-0.2, 0) is 23.8 Å². The van der Waals surface area contributed by atoms with Crippen molar-refractivity contribution < 1.29 is 32.1 Å². The van der Waals surface area contributed by atoms with Crippen LogP contribution in [0.5, 0.6) is 0 Å². The molecule has 7 nitrogen and oxygen atoms in total. The number of fused-ring (bicyclic) bond motifs is 3. The van der Waals surface area contributed by atoms with E-state index in [1.807, 2.05) is 18.2 Å². The van der Waals surface area contributed by atoms with Crippen LogP contribution in [0.25, 0.3) is 34.0 Å². The van der Waals surface area contributed by atoms with E-state index in [-0.39, 0.29) is 23.0 Å². The van der Waals surface area contributed by atoms with Crippen molar-refractivity contribution in [1.29, 1.82) is 0 Å². The number of aromatic nitrogens is 2. The molecule has 190 valence electrons. The van der Waals surface area contributed by atoms with Crippen molar-refractivity contribution in [2.45, 2.75) is 49.7 Å². The smallest absolute Gasteiger partial charge is 0.422 e. The summed E-state index contributed by atoms with van der Waals surface area (Å²) in [6.07, 6.45) is -2.31. The van der Waals surface area contributed by atoms with Gasteiger partial charge >= 0.3 is 12.1 Å². The summed E-state index contributed by atoms with van der Waals surface area (Å²) in [7, 11) is 0. The Kier molecular flexibility index (Phi) is 5.27. The molecule has 2 aliphatic carbocycles. The van der Waals surface area contributed by atoms with Crippen molar-refractivity contribution in [3.05, 3.63) is 70.8 Å². The second-order valence-electron chi connectivity index (χ2n) is 9.76. The lowest BCUT2D eigenvalue weighted by Crippen LogP contribution is -2.45. The van der Waals surface area contributed by atoms with Gasteiger partial charge in [0.15, 0.2) is 17.2 Å². The highest BCUT2D eigenvalue weighted by Gasteiger charge is 2.44. The van der Waals surface area contributed by atoms with Gasteiger partial charge in [-0.1, -0.05) is 58.8 Å². The lowest BCUT2D eigenvalue weighted by Gasteiger charge is -2.20. The van der Waals surface area contributed by atoms with Crippen LogP contribution in [-0.4, -0.2) is 26.9 Å². The zero-order chi connectivity index (χ0) is 25.9. The maximum atomic E-state index is 14.2. The molecule has 2 heterocycles. The van der Waals surface area contributed by atoms with E-state index in [1.165, 1.54) is 12.1 Å². The molecule has 2 aromatic heterocycles. The molecule has 0 spiro atoms. The Balaban J connectivity index is 1.37. The van der Waals surface area contributed by atoms with Crippen LogP contribution in [0.1, 0.15) is 47.4 Å². The number of carboxylic acids is 1. The molecule has 0 radical (unpaired) electrons. The van der Waals surface area contributed by atoms with Crippen LogP contribution in [0.4, 0.5) is 13.2 Å². The van der Waals surface area contributed by atoms with Gasteiger partial charge in [0.25, 0.3) is 0 Å². The van der Waals surface area contributed by atoms with Gasteiger partial charge in [-0.15, -0.1) is 0 Å². The van der Waals surface area contributed by atoms with E-state index in [9.17, 15) is 23.1 Å². The SMILES string of the molecule is NC1(C(=O)O)CCC(c2ccc3c(c2)CCc2c-3noc2-c2noc(-c3ccccc3)c2C(F)(F)F)C1. The minimum atomic E-state index is -4.73. The summed E-state index contributed by atoms with van der Waals surface area (Å²) in [6.45, 7) is 0. The molecule has 1 fully saturated rings. The molecule has 37 heavy (non-hydrogen) atoms. The monoisotopic (exact) mass is 509 g/mol. The first-order valence-electron chi connectivity index (χ1n) is 11.9. The Morgan fingerprint density at radius 3 is 2.46 bits per heavy atom. The molecule has 0 aliphatic heterocycles. The van der Waals surface area contributed by atoms with Crippen LogP contribution >= 0.6 is 0 Å². The third-order valence-corrected chi connectivity index (χ3v) is 7.49. The molecule has 10 heteroatoms. The fraction of sp³-hybridized carbons (Fsp3) is 0.296. The zero-order valence-corrected chi connectivity index (χ0v) is 19.5. The van der Waals surface area contributed by atoms with Crippen molar-refractivity contribution in [2.75, 3.05) is 0 Å². The number of carbonyl (C=O) groups is 1. The van der Waals surface area contributed by atoms with Gasteiger partial charge in [0.2, 0.25) is 0 Å². The number of aryl methyl sites for hydroxylation is 1. The maximum absolute atomic E-state index is 14.2. The summed E-state index contributed by atoms with van der Waals surface area (Å²) in [5.74, 6) is -1.38. The first kappa shape index (κ1) is 23.5. The fourth-order valence-corrected chi connectivity index (χ4v) is 5.55. The van der Waals surface area contributed by atoms with Gasteiger partial charge in [-0.3, -0.25) is 4.79 Å². The molecule has 2 unspecified atom stereocenters. The van der Waals surface area contributed by atoms with Gasteiger partial charge in [-0.2, -0.15) is 13.2 Å². The second-order valence-corrected chi connectivity index (χ2v) is 9.76. The van der Waals surface area contributed by atoms with Gasteiger partial charge in [-0.05, 0) is 49.1 Å². The number of nitrogens with two attached hydrogens (primary N) is 1. The zero-order valence-electron chi connectivity index (χ0n) is 19.5. The van der Waals surface area contributed by atoms with Crippen molar-refractivity contribution in [3.63, 3.8) is 0 Å².